The maximum absolute atomic E-state index is 14.2. The summed E-state index contributed by atoms with van der Waals surface area (Å²) in [6.07, 6.45) is -9.12. The maximum atomic E-state index is 14.2. The van der Waals surface area contributed by atoms with Crippen LogP contribution in [0, 0.1) is 29.1 Å². The van der Waals surface area contributed by atoms with Crippen LogP contribution in [0.25, 0.3) is 0 Å². The standard InChI is InChI=1S/C25H24ClF5N2O9/c1-9(34)33-20-13(35)6-25(24(39)40,41-8-12-15(27)17(29)19(31)18(30)16(12)28)42-22(20)21(37)14(36)7-32-23(38)10-2-4-11(26)5-3-10/h2-5,13-14,20-22,35-37H,6-8H2,1H3,(H,32,38)(H,33,34)(H,39,40)/t13-,14+,20+,21+,22+,25+/m0/s1. The molecule has 1 aliphatic rings. The molecular formula is C25H24ClF5N2O9. The summed E-state index contributed by atoms with van der Waals surface area (Å²) < 4.78 is 79.3. The molecule has 230 valence electrons. The van der Waals surface area contributed by atoms with Gasteiger partial charge in [-0.1, -0.05) is 11.6 Å². The van der Waals surface area contributed by atoms with E-state index in [-0.39, 0.29) is 5.56 Å². The van der Waals surface area contributed by atoms with Crippen molar-refractivity contribution < 1.29 is 66.2 Å². The molecule has 2 aromatic carbocycles. The Morgan fingerprint density at radius 3 is 2.12 bits per heavy atom. The van der Waals surface area contributed by atoms with Crippen molar-refractivity contribution in [3.05, 3.63) is 69.5 Å². The second kappa shape index (κ2) is 13.3. The van der Waals surface area contributed by atoms with Crippen LogP contribution in [-0.2, 0) is 25.7 Å². The minimum atomic E-state index is -3.09. The van der Waals surface area contributed by atoms with Gasteiger partial charge in [-0.2, -0.15) is 0 Å². The molecule has 6 atom stereocenters. The van der Waals surface area contributed by atoms with Gasteiger partial charge in [0, 0.05) is 30.5 Å². The van der Waals surface area contributed by atoms with Crippen LogP contribution >= 0.6 is 11.6 Å². The molecule has 11 nitrogen and oxygen atoms in total. The van der Waals surface area contributed by atoms with E-state index in [9.17, 15) is 56.8 Å². The molecule has 42 heavy (non-hydrogen) atoms. The van der Waals surface area contributed by atoms with Crippen molar-refractivity contribution in [2.24, 2.45) is 0 Å². The van der Waals surface area contributed by atoms with Gasteiger partial charge in [-0.3, -0.25) is 9.59 Å². The Balaban J connectivity index is 1.86. The van der Waals surface area contributed by atoms with E-state index in [4.69, 9.17) is 21.1 Å². The number of benzene rings is 2. The molecular weight excluding hydrogens is 603 g/mol. The second-order valence-corrected chi connectivity index (χ2v) is 9.69. The van der Waals surface area contributed by atoms with Crippen LogP contribution in [0.15, 0.2) is 24.3 Å². The molecule has 0 radical (unpaired) electrons. The van der Waals surface area contributed by atoms with Crippen molar-refractivity contribution in [2.75, 3.05) is 6.54 Å². The lowest BCUT2D eigenvalue weighted by atomic mass is 9.88. The molecule has 0 aliphatic carbocycles. The fourth-order valence-corrected chi connectivity index (χ4v) is 4.28. The fourth-order valence-electron chi connectivity index (χ4n) is 4.16. The van der Waals surface area contributed by atoms with Crippen molar-refractivity contribution >= 4 is 29.4 Å². The van der Waals surface area contributed by atoms with Crippen molar-refractivity contribution in [2.45, 2.75) is 56.2 Å². The number of carbonyl (C=O) groups is 3. The fraction of sp³-hybridized carbons (Fsp3) is 0.400. The summed E-state index contributed by atoms with van der Waals surface area (Å²) in [5, 5.41) is 46.8. The van der Waals surface area contributed by atoms with Crippen molar-refractivity contribution in [1.29, 1.82) is 0 Å². The van der Waals surface area contributed by atoms with Crippen LogP contribution < -0.4 is 10.6 Å². The maximum Gasteiger partial charge on any atom is 0.364 e. The summed E-state index contributed by atoms with van der Waals surface area (Å²) in [4.78, 5) is 36.3. The number of rotatable bonds is 10. The second-order valence-electron chi connectivity index (χ2n) is 9.25. The average Bonchev–Trinajstić information content (AvgIpc) is 2.94. The first-order chi connectivity index (χ1) is 19.6. The van der Waals surface area contributed by atoms with Crippen molar-refractivity contribution in [3.8, 4) is 0 Å². The molecule has 1 heterocycles. The van der Waals surface area contributed by atoms with Gasteiger partial charge in [-0.05, 0) is 24.3 Å². The number of carbonyl (C=O) groups excluding carboxylic acids is 2. The van der Waals surface area contributed by atoms with Gasteiger partial charge in [0.05, 0.1) is 30.4 Å². The zero-order valence-electron chi connectivity index (χ0n) is 21.4. The number of amides is 2. The van der Waals surface area contributed by atoms with Gasteiger partial charge in [0.2, 0.25) is 11.7 Å². The van der Waals surface area contributed by atoms with E-state index in [2.05, 4.69) is 10.6 Å². The van der Waals surface area contributed by atoms with Crippen LogP contribution in [0.3, 0.4) is 0 Å². The highest BCUT2D eigenvalue weighted by Crippen LogP contribution is 2.35. The van der Waals surface area contributed by atoms with E-state index >= 15 is 0 Å². The Kier molecular flexibility index (Phi) is 10.5. The quantitative estimate of drug-likeness (QED) is 0.128. The first kappa shape index (κ1) is 33.1. The van der Waals surface area contributed by atoms with E-state index in [1.165, 1.54) is 24.3 Å². The van der Waals surface area contributed by atoms with Crippen LogP contribution in [0.1, 0.15) is 29.3 Å². The predicted octanol–water partition coefficient (Wildman–Crippen LogP) is 1.14. The highest BCUT2D eigenvalue weighted by molar-refractivity contribution is 6.30. The number of halogens is 6. The molecule has 0 spiro atoms. The highest BCUT2D eigenvalue weighted by Gasteiger charge is 2.56. The minimum absolute atomic E-state index is 0.118. The number of aliphatic carboxylic acids is 1. The normalized spacial score (nSPS) is 23.6. The zero-order valence-corrected chi connectivity index (χ0v) is 22.2. The number of hydrogen-bond donors (Lipinski definition) is 6. The largest absolute Gasteiger partial charge is 0.477 e. The minimum Gasteiger partial charge on any atom is -0.477 e. The number of aliphatic hydroxyl groups is 3. The molecule has 6 N–H and O–H groups in total. The van der Waals surface area contributed by atoms with E-state index in [1.807, 2.05) is 0 Å². The Labute approximate surface area is 238 Å². The molecule has 0 bridgehead atoms. The summed E-state index contributed by atoms with van der Waals surface area (Å²) in [5.74, 6) is -18.4. The summed E-state index contributed by atoms with van der Waals surface area (Å²) in [5.41, 5.74) is -1.44. The molecule has 1 aliphatic heterocycles. The van der Waals surface area contributed by atoms with Crippen molar-refractivity contribution in [3.63, 3.8) is 0 Å². The number of nitrogens with one attached hydrogen (secondary N) is 2. The van der Waals surface area contributed by atoms with Crippen LogP contribution in [0.5, 0.6) is 0 Å². The third kappa shape index (κ3) is 6.96. The van der Waals surface area contributed by atoms with Gasteiger partial charge in [0.25, 0.3) is 11.7 Å². The Morgan fingerprint density at radius 2 is 1.60 bits per heavy atom. The first-order valence-electron chi connectivity index (χ1n) is 12.0. The number of ether oxygens (including phenoxy) is 2. The summed E-state index contributed by atoms with van der Waals surface area (Å²) >= 11 is 5.76. The first-order valence-corrected chi connectivity index (χ1v) is 12.4. The van der Waals surface area contributed by atoms with Gasteiger partial charge in [0.15, 0.2) is 23.3 Å². The molecule has 1 saturated heterocycles. The number of carboxylic acids is 1. The predicted molar refractivity (Wildman–Crippen MR) is 130 cm³/mol. The van der Waals surface area contributed by atoms with Gasteiger partial charge < -0.3 is 40.5 Å². The Bertz CT molecular complexity index is 1320. The van der Waals surface area contributed by atoms with Crippen molar-refractivity contribution in [1.82, 2.24) is 10.6 Å². The molecule has 0 unspecified atom stereocenters. The van der Waals surface area contributed by atoms with Gasteiger partial charge in [-0.25, -0.2) is 26.7 Å². The lowest BCUT2D eigenvalue weighted by Crippen LogP contribution is -2.68. The van der Waals surface area contributed by atoms with Gasteiger partial charge >= 0.3 is 5.97 Å². The molecule has 2 amide bonds. The third-order valence-electron chi connectivity index (χ3n) is 6.33. The molecule has 0 aromatic heterocycles. The summed E-state index contributed by atoms with van der Waals surface area (Å²) in [6, 6.07) is 3.93. The third-order valence-corrected chi connectivity index (χ3v) is 6.58. The van der Waals surface area contributed by atoms with Crippen LogP contribution in [-0.4, -0.2) is 81.0 Å². The van der Waals surface area contributed by atoms with E-state index in [0.717, 1.165) is 6.92 Å². The Morgan fingerprint density at radius 1 is 1.05 bits per heavy atom. The number of aliphatic hydroxyl groups excluding tert-OH is 3. The van der Waals surface area contributed by atoms with Gasteiger partial charge in [-0.15, -0.1) is 0 Å². The van der Waals surface area contributed by atoms with Gasteiger partial charge in [0.1, 0.15) is 12.2 Å². The van der Waals surface area contributed by atoms with E-state index in [1.54, 1.807) is 0 Å². The highest BCUT2D eigenvalue weighted by atomic mass is 35.5. The summed E-state index contributed by atoms with van der Waals surface area (Å²) in [7, 11) is 0. The van der Waals surface area contributed by atoms with E-state index < -0.39 is 108 Å². The molecule has 1 fully saturated rings. The lowest BCUT2D eigenvalue weighted by molar-refractivity contribution is -0.314. The molecule has 2 aromatic rings. The zero-order chi connectivity index (χ0) is 31.5. The smallest absolute Gasteiger partial charge is 0.364 e. The SMILES string of the molecule is CC(=O)N[C@H]1[C@H]([C@H](O)[C@H](O)CNC(=O)c2ccc(Cl)cc2)O[C@@](OCc2c(F)c(F)c(F)c(F)c2F)(C(=O)O)C[C@@H]1O. The molecule has 0 saturated carbocycles. The number of hydrogen-bond acceptors (Lipinski definition) is 8. The summed E-state index contributed by atoms with van der Waals surface area (Å²) in [6.45, 7) is -1.24. The molecule has 17 heteroatoms. The van der Waals surface area contributed by atoms with Crippen LogP contribution in [0.4, 0.5) is 22.0 Å². The Hall–Kier alpha value is -3.41. The monoisotopic (exact) mass is 626 g/mol. The average molecular weight is 627 g/mol. The topological polar surface area (TPSA) is 175 Å². The lowest BCUT2D eigenvalue weighted by Gasteiger charge is -2.46. The molecule has 3 rings (SSSR count). The number of carboxylic acid groups (broad SMARTS) is 1. The van der Waals surface area contributed by atoms with Crippen LogP contribution in [0.2, 0.25) is 5.02 Å². The van der Waals surface area contributed by atoms with E-state index in [0.29, 0.717) is 5.02 Å².